The molecule has 0 bridgehead atoms. The fourth-order valence-electron chi connectivity index (χ4n) is 3.49. The van der Waals surface area contributed by atoms with Crippen molar-refractivity contribution >= 4 is 5.91 Å². The van der Waals surface area contributed by atoms with Crippen LogP contribution in [0.25, 0.3) is 0 Å². The minimum Gasteiger partial charge on any atom is -0.467 e. The highest BCUT2D eigenvalue weighted by Crippen LogP contribution is 2.28. The van der Waals surface area contributed by atoms with Crippen LogP contribution in [0.1, 0.15) is 36.0 Å². The van der Waals surface area contributed by atoms with Gasteiger partial charge in [0.25, 0.3) is 5.91 Å². The number of piperidine rings is 1. The number of aromatic nitrogens is 1. The third-order valence-electron chi connectivity index (χ3n) is 4.56. The van der Waals surface area contributed by atoms with Gasteiger partial charge < -0.3 is 10.1 Å². The van der Waals surface area contributed by atoms with Crippen molar-refractivity contribution in [2.45, 2.75) is 43.9 Å². The van der Waals surface area contributed by atoms with E-state index in [0.29, 0.717) is 6.04 Å². The third kappa shape index (κ3) is 3.98. The molecule has 1 N–H and O–H groups in total. The molecule has 2 atom stereocenters. The number of carbonyl (C=O) groups excluding carboxylic acids is 1. The Morgan fingerprint density at radius 2 is 2.17 bits per heavy atom. The molecular weight excluding hydrogens is 323 g/mol. The molecule has 0 aliphatic carbocycles. The van der Waals surface area contributed by atoms with Gasteiger partial charge in [0.05, 0.1) is 0 Å². The van der Waals surface area contributed by atoms with Crippen LogP contribution in [0, 0.1) is 0 Å². The van der Waals surface area contributed by atoms with Crippen LogP contribution in [-0.4, -0.2) is 53.7 Å². The number of amides is 1. The maximum Gasteiger partial charge on any atom is 0.422 e. The van der Waals surface area contributed by atoms with Gasteiger partial charge in [0.15, 0.2) is 6.61 Å². The molecule has 3 rings (SSSR count). The molecule has 2 fully saturated rings. The fraction of sp³-hybridized carbons (Fsp3) is 0.625. The molecule has 0 aromatic carbocycles. The summed E-state index contributed by atoms with van der Waals surface area (Å²) in [5.74, 6) is -0.719. The first-order chi connectivity index (χ1) is 11.4. The Bertz CT molecular complexity index is 594. The monoisotopic (exact) mass is 343 g/mol. The van der Waals surface area contributed by atoms with Gasteiger partial charge >= 0.3 is 6.18 Å². The number of hydrogen-bond acceptors (Lipinski definition) is 4. The Labute approximate surface area is 138 Å². The van der Waals surface area contributed by atoms with E-state index in [2.05, 4.69) is 19.9 Å². The van der Waals surface area contributed by atoms with Crippen LogP contribution in [0.4, 0.5) is 13.2 Å². The topological polar surface area (TPSA) is 54.5 Å². The molecule has 0 radical (unpaired) electrons. The lowest BCUT2D eigenvalue weighted by molar-refractivity contribution is -0.154. The number of rotatable bonds is 4. The minimum absolute atomic E-state index is 0.0217. The molecule has 0 saturated carbocycles. The molecule has 24 heavy (non-hydrogen) atoms. The van der Waals surface area contributed by atoms with Gasteiger partial charge in [-0.05, 0) is 37.9 Å². The van der Waals surface area contributed by atoms with Crippen molar-refractivity contribution in [3.05, 3.63) is 23.9 Å². The lowest BCUT2D eigenvalue weighted by Crippen LogP contribution is -2.46. The Balaban J connectivity index is 1.67. The summed E-state index contributed by atoms with van der Waals surface area (Å²) in [7, 11) is 0. The van der Waals surface area contributed by atoms with Crippen molar-refractivity contribution < 1.29 is 22.7 Å². The maximum atomic E-state index is 12.5. The van der Waals surface area contributed by atoms with E-state index < -0.39 is 18.7 Å². The normalized spacial score (nSPS) is 24.5. The first-order valence-corrected chi connectivity index (χ1v) is 8.13. The van der Waals surface area contributed by atoms with Crippen molar-refractivity contribution in [1.29, 1.82) is 0 Å². The lowest BCUT2D eigenvalue weighted by atomic mass is 9.99. The second kappa shape index (κ2) is 6.96. The second-order valence-electron chi connectivity index (χ2n) is 6.23. The minimum atomic E-state index is -4.47. The average Bonchev–Trinajstić information content (AvgIpc) is 2.96. The molecule has 0 spiro atoms. The first-order valence-electron chi connectivity index (χ1n) is 8.13. The summed E-state index contributed by atoms with van der Waals surface area (Å²) in [4.78, 5) is 18.6. The van der Waals surface area contributed by atoms with E-state index in [9.17, 15) is 18.0 Å². The van der Waals surface area contributed by atoms with E-state index in [-0.39, 0.29) is 17.5 Å². The van der Waals surface area contributed by atoms with E-state index in [1.165, 1.54) is 24.8 Å². The van der Waals surface area contributed by atoms with Crippen LogP contribution in [0.3, 0.4) is 0 Å². The molecule has 132 valence electrons. The zero-order valence-electron chi connectivity index (χ0n) is 13.2. The highest BCUT2D eigenvalue weighted by molar-refractivity contribution is 5.96. The molecule has 2 saturated heterocycles. The largest absolute Gasteiger partial charge is 0.467 e. The molecule has 1 aromatic rings. The van der Waals surface area contributed by atoms with Crippen molar-refractivity contribution in [2.75, 3.05) is 19.7 Å². The van der Waals surface area contributed by atoms with Crippen LogP contribution < -0.4 is 10.1 Å². The van der Waals surface area contributed by atoms with Gasteiger partial charge in [-0.2, -0.15) is 13.2 Å². The van der Waals surface area contributed by atoms with Crippen LogP contribution >= 0.6 is 0 Å². The fourth-order valence-corrected chi connectivity index (χ4v) is 3.49. The van der Waals surface area contributed by atoms with Gasteiger partial charge in [-0.25, -0.2) is 4.98 Å². The summed E-state index contributed by atoms with van der Waals surface area (Å²) in [6, 6.07) is 3.28. The number of pyridine rings is 1. The Kier molecular flexibility index (Phi) is 4.93. The Morgan fingerprint density at radius 3 is 2.96 bits per heavy atom. The third-order valence-corrected chi connectivity index (χ3v) is 4.56. The Hall–Kier alpha value is -1.83. The molecule has 2 aliphatic heterocycles. The molecule has 8 heteroatoms. The number of hydrogen-bond donors (Lipinski definition) is 1. The van der Waals surface area contributed by atoms with Crippen molar-refractivity contribution in [2.24, 2.45) is 0 Å². The average molecular weight is 343 g/mol. The van der Waals surface area contributed by atoms with Crippen LogP contribution in [0.2, 0.25) is 0 Å². The molecule has 5 nitrogen and oxygen atoms in total. The summed E-state index contributed by atoms with van der Waals surface area (Å²) >= 11 is 0. The standard InChI is InChI=1S/C16H20F3N3O2/c17-16(18,19)10-24-15-11(4-3-7-20-15)14(23)21-12-6-9-22-8-2-1-5-13(12)22/h3-4,7,12-13H,1-2,5-6,8-10H2,(H,21,23)/t12-,13+/m1/s1. The highest BCUT2D eigenvalue weighted by atomic mass is 19.4. The summed E-state index contributed by atoms with van der Waals surface area (Å²) < 4.78 is 41.7. The van der Waals surface area contributed by atoms with Gasteiger partial charge in [0.1, 0.15) is 5.56 Å². The lowest BCUT2D eigenvalue weighted by Gasteiger charge is -2.32. The van der Waals surface area contributed by atoms with Gasteiger partial charge in [0, 0.05) is 24.8 Å². The molecule has 1 amide bonds. The van der Waals surface area contributed by atoms with Crippen molar-refractivity contribution in [1.82, 2.24) is 15.2 Å². The highest BCUT2D eigenvalue weighted by Gasteiger charge is 2.37. The molecule has 3 heterocycles. The summed E-state index contributed by atoms with van der Waals surface area (Å²) in [5.41, 5.74) is 0.0380. The number of fused-ring (bicyclic) bond motifs is 1. The smallest absolute Gasteiger partial charge is 0.422 e. The quantitative estimate of drug-likeness (QED) is 0.912. The van der Waals surface area contributed by atoms with Gasteiger partial charge in [0.2, 0.25) is 5.88 Å². The van der Waals surface area contributed by atoms with Crippen LogP contribution in [-0.2, 0) is 0 Å². The Morgan fingerprint density at radius 1 is 1.33 bits per heavy atom. The van der Waals surface area contributed by atoms with E-state index in [1.807, 2.05) is 0 Å². The van der Waals surface area contributed by atoms with Crippen LogP contribution in [0.5, 0.6) is 5.88 Å². The maximum absolute atomic E-state index is 12.5. The second-order valence-corrected chi connectivity index (χ2v) is 6.23. The van der Waals surface area contributed by atoms with Crippen LogP contribution in [0.15, 0.2) is 18.3 Å². The number of halogens is 3. The number of carbonyl (C=O) groups is 1. The van der Waals surface area contributed by atoms with E-state index >= 15 is 0 Å². The number of ether oxygens (including phenoxy) is 1. The van der Waals surface area contributed by atoms with Gasteiger partial charge in [-0.3, -0.25) is 9.69 Å². The zero-order valence-corrected chi connectivity index (χ0v) is 13.2. The molecule has 0 unspecified atom stereocenters. The van der Waals surface area contributed by atoms with E-state index in [0.717, 1.165) is 32.4 Å². The van der Waals surface area contributed by atoms with Crippen molar-refractivity contribution in [3.8, 4) is 5.88 Å². The zero-order chi connectivity index (χ0) is 17.2. The predicted octanol–water partition coefficient (Wildman–Crippen LogP) is 2.38. The number of nitrogens with zero attached hydrogens (tertiary/aromatic N) is 2. The first kappa shape index (κ1) is 17.0. The summed E-state index contributed by atoms with van der Waals surface area (Å²) in [6.45, 7) is 0.522. The molecule has 1 aromatic heterocycles. The molecule has 2 aliphatic rings. The summed E-state index contributed by atoms with van der Waals surface area (Å²) in [6.07, 6.45) is 1.04. The number of alkyl halides is 3. The number of nitrogens with one attached hydrogen (secondary N) is 1. The van der Waals surface area contributed by atoms with Gasteiger partial charge in [-0.15, -0.1) is 0 Å². The summed E-state index contributed by atoms with van der Waals surface area (Å²) in [5, 5.41) is 2.95. The van der Waals surface area contributed by atoms with E-state index in [4.69, 9.17) is 0 Å². The van der Waals surface area contributed by atoms with Crippen molar-refractivity contribution in [3.63, 3.8) is 0 Å². The van der Waals surface area contributed by atoms with E-state index in [1.54, 1.807) is 0 Å². The van der Waals surface area contributed by atoms with Gasteiger partial charge in [-0.1, -0.05) is 6.42 Å². The SMILES string of the molecule is O=C(N[C@@H]1CCN2CCCC[C@@H]12)c1cccnc1OCC(F)(F)F. The molecular formula is C16H20F3N3O2. The predicted molar refractivity (Wildman–Crippen MR) is 80.9 cm³/mol.